The quantitative estimate of drug-likeness (QED) is 0.254. The normalized spacial score (nSPS) is 17.9. The van der Waals surface area contributed by atoms with Gasteiger partial charge in [-0.2, -0.15) is 0 Å². The Balaban J connectivity index is 1.82. The van der Waals surface area contributed by atoms with Crippen LogP contribution in [0.15, 0.2) is 70.8 Å². The minimum absolute atomic E-state index is 0.572. The SMILES string of the molecule is OC1(C=[CH][Sn]([I])([CH2]c2ccccc2)[CH2]c2ccccc2)CCCCCC1. The standard InChI is InChI=1S/C9H15O.2C7H7.HI.Sn/c1-2-9(10)7-5-3-4-6-8-9;2*1-7-5-3-2-4-6-7;;/h1-2,10H,3-8H2;2*2-6H,1H2;1H;/q;;;;+1/p-1. The van der Waals surface area contributed by atoms with Crippen LogP contribution in [0.1, 0.15) is 49.7 Å². The molecule has 0 spiro atoms. The van der Waals surface area contributed by atoms with Crippen molar-refractivity contribution in [2.75, 3.05) is 0 Å². The Morgan fingerprint density at radius 3 is 1.73 bits per heavy atom. The van der Waals surface area contributed by atoms with Crippen LogP contribution in [-0.2, 0) is 8.87 Å². The molecule has 1 nitrogen and oxygen atoms in total. The van der Waals surface area contributed by atoms with E-state index in [1.807, 2.05) is 0 Å². The van der Waals surface area contributed by atoms with Crippen molar-refractivity contribution in [2.24, 2.45) is 0 Å². The van der Waals surface area contributed by atoms with Crippen molar-refractivity contribution in [3.63, 3.8) is 0 Å². The number of benzene rings is 2. The molecule has 0 heterocycles. The molecule has 0 unspecified atom stereocenters. The van der Waals surface area contributed by atoms with Crippen LogP contribution in [0.5, 0.6) is 0 Å². The van der Waals surface area contributed by atoms with E-state index in [2.05, 4.69) is 89.5 Å². The second kappa shape index (κ2) is 9.74. The Labute approximate surface area is 172 Å². The molecule has 0 atom stereocenters. The number of hydrogen-bond donors (Lipinski definition) is 1. The molecule has 3 rings (SSSR count). The molecule has 2 aromatic carbocycles. The van der Waals surface area contributed by atoms with Crippen LogP contribution in [0.3, 0.4) is 0 Å². The number of aliphatic hydroxyl groups is 1. The van der Waals surface area contributed by atoms with Crippen LogP contribution >= 0.6 is 18.6 Å². The van der Waals surface area contributed by atoms with E-state index >= 15 is 0 Å². The molecule has 1 aliphatic carbocycles. The predicted octanol–water partition coefficient (Wildman–Crippen LogP) is 6.11. The summed E-state index contributed by atoms with van der Waals surface area (Å²) in [4.78, 5) is 0. The van der Waals surface area contributed by atoms with Gasteiger partial charge in [-0.15, -0.1) is 0 Å². The third-order valence-electron chi connectivity index (χ3n) is 5.34. The van der Waals surface area contributed by atoms with E-state index in [-0.39, 0.29) is 0 Å². The van der Waals surface area contributed by atoms with Crippen LogP contribution < -0.4 is 0 Å². The summed E-state index contributed by atoms with van der Waals surface area (Å²) in [6.07, 6.45) is 8.92. The van der Waals surface area contributed by atoms with E-state index in [1.54, 1.807) is 0 Å². The van der Waals surface area contributed by atoms with Gasteiger partial charge in [-0.25, -0.2) is 0 Å². The van der Waals surface area contributed by atoms with Gasteiger partial charge >= 0.3 is 173 Å². The first-order valence-electron chi connectivity index (χ1n) is 9.77. The van der Waals surface area contributed by atoms with Crippen molar-refractivity contribution < 1.29 is 5.11 Å². The Bertz CT molecular complexity index is 649. The molecule has 138 valence electrons. The van der Waals surface area contributed by atoms with Crippen molar-refractivity contribution >= 4 is 33.0 Å². The minimum atomic E-state index is -2.62. The summed E-state index contributed by atoms with van der Waals surface area (Å²) in [5.41, 5.74) is 2.30. The van der Waals surface area contributed by atoms with E-state index in [9.17, 15) is 5.11 Å². The number of halogens is 1. The van der Waals surface area contributed by atoms with Gasteiger partial charge in [0.15, 0.2) is 0 Å². The van der Waals surface area contributed by atoms with Gasteiger partial charge in [-0.3, -0.25) is 0 Å². The molecule has 2 aromatic rings. The summed E-state index contributed by atoms with van der Waals surface area (Å²) in [5.74, 6) is 0. The molecule has 0 amide bonds. The Kier molecular flexibility index (Phi) is 7.64. The molecule has 3 heteroatoms. The van der Waals surface area contributed by atoms with Gasteiger partial charge in [0.1, 0.15) is 0 Å². The Hall–Kier alpha value is -0.331. The Morgan fingerprint density at radius 2 is 1.27 bits per heavy atom. The zero-order chi connectivity index (χ0) is 18.3. The number of hydrogen-bond acceptors (Lipinski definition) is 1. The van der Waals surface area contributed by atoms with Gasteiger partial charge in [0, 0.05) is 0 Å². The Morgan fingerprint density at radius 1 is 0.808 bits per heavy atom. The zero-order valence-corrected chi connectivity index (χ0v) is 20.4. The average Bonchev–Trinajstić information content (AvgIpc) is 2.87. The summed E-state index contributed by atoms with van der Waals surface area (Å²) in [5, 5.41) is 11.1. The second-order valence-corrected chi connectivity index (χ2v) is 31.0. The fraction of sp³-hybridized carbons (Fsp3) is 0.391. The molecule has 0 aromatic heterocycles. The molecule has 0 radical (unpaired) electrons. The fourth-order valence-electron chi connectivity index (χ4n) is 3.86. The van der Waals surface area contributed by atoms with Crippen LogP contribution in [0, 0.1) is 0 Å². The first-order chi connectivity index (χ1) is 12.6. The second-order valence-electron chi connectivity index (χ2n) is 7.71. The maximum absolute atomic E-state index is 11.1. The third kappa shape index (κ3) is 6.38. The molecule has 0 bridgehead atoms. The van der Waals surface area contributed by atoms with Crippen molar-refractivity contribution in [1.82, 2.24) is 0 Å². The average molecular weight is 567 g/mol. The van der Waals surface area contributed by atoms with Crippen LogP contribution in [0.4, 0.5) is 0 Å². The molecule has 1 N–H and O–H groups in total. The molecule has 1 saturated carbocycles. The van der Waals surface area contributed by atoms with E-state index < -0.39 is 20.0 Å². The van der Waals surface area contributed by atoms with Crippen molar-refractivity contribution in [3.8, 4) is 0 Å². The van der Waals surface area contributed by atoms with Gasteiger partial charge in [-0.05, 0) is 0 Å². The summed E-state index contributed by atoms with van der Waals surface area (Å²) in [6.45, 7) is 0. The van der Waals surface area contributed by atoms with Crippen LogP contribution in [0.25, 0.3) is 0 Å². The van der Waals surface area contributed by atoms with Crippen LogP contribution in [-0.4, -0.2) is 25.1 Å². The third-order valence-corrected chi connectivity index (χ3v) is 20.7. The van der Waals surface area contributed by atoms with Crippen LogP contribution in [0.2, 0.25) is 0 Å². The molecule has 26 heavy (non-hydrogen) atoms. The molecular formula is C23H29IOSn. The molecular weight excluding hydrogens is 538 g/mol. The van der Waals surface area contributed by atoms with Gasteiger partial charge in [0.05, 0.1) is 0 Å². The first kappa shape index (κ1) is 20.4. The maximum atomic E-state index is 11.1. The summed E-state index contributed by atoms with van der Waals surface area (Å²) >= 11 is 0.182. The van der Waals surface area contributed by atoms with E-state index in [0.717, 1.165) is 25.7 Å². The van der Waals surface area contributed by atoms with E-state index in [4.69, 9.17) is 0 Å². The van der Waals surface area contributed by atoms with E-state index in [0.29, 0.717) is 0 Å². The van der Waals surface area contributed by atoms with Crippen molar-refractivity contribution in [3.05, 3.63) is 82.0 Å². The molecule has 0 aliphatic heterocycles. The van der Waals surface area contributed by atoms with Gasteiger partial charge in [0.25, 0.3) is 0 Å². The predicted molar refractivity (Wildman–Crippen MR) is 122 cm³/mol. The molecule has 1 aliphatic rings. The number of rotatable bonds is 6. The summed E-state index contributed by atoms with van der Waals surface area (Å²) < 4.78 is 4.86. The molecule has 1 fully saturated rings. The summed E-state index contributed by atoms with van der Waals surface area (Å²) in [6, 6.07) is 21.8. The topological polar surface area (TPSA) is 20.2 Å². The zero-order valence-electron chi connectivity index (χ0n) is 15.4. The fourth-order valence-corrected chi connectivity index (χ4v) is 19.0. The van der Waals surface area contributed by atoms with Crippen molar-refractivity contribution in [2.45, 2.75) is 53.0 Å². The van der Waals surface area contributed by atoms with Gasteiger partial charge < -0.3 is 0 Å². The van der Waals surface area contributed by atoms with Crippen molar-refractivity contribution in [1.29, 1.82) is 0 Å². The molecule has 0 saturated heterocycles. The monoisotopic (exact) mass is 568 g/mol. The van der Waals surface area contributed by atoms with Gasteiger partial charge in [0.2, 0.25) is 0 Å². The van der Waals surface area contributed by atoms with E-state index in [1.165, 1.54) is 32.8 Å². The van der Waals surface area contributed by atoms with Gasteiger partial charge in [-0.1, -0.05) is 0 Å². The first-order valence-corrected chi connectivity index (χ1v) is 23.8. The summed E-state index contributed by atoms with van der Waals surface area (Å²) in [7, 11) is 0.